The van der Waals surface area contributed by atoms with Crippen LogP contribution in [0.3, 0.4) is 0 Å². The Balaban J connectivity index is 1.46. The maximum Gasteiger partial charge on any atom is 0.289 e. The number of aromatic nitrogens is 3. The summed E-state index contributed by atoms with van der Waals surface area (Å²) >= 11 is 0. The second kappa shape index (κ2) is 8.40. The maximum atomic E-state index is 13.2. The zero-order chi connectivity index (χ0) is 21.3. The summed E-state index contributed by atoms with van der Waals surface area (Å²) < 4.78 is 29.9. The van der Waals surface area contributed by atoms with E-state index in [0.717, 1.165) is 37.5 Å². The molecule has 1 aromatic heterocycles. The Kier molecular flexibility index (Phi) is 5.85. The van der Waals surface area contributed by atoms with Crippen LogP contribution in [0.5, 0.6) is 0 Å². The lowest BCUT2D eigenvalue weighted by Gasteiger charge is -2.33. The molecule has 1 saturated heterocycles. The smallest absolute Gasteiger partial charge is 0.289 e. The lowest BCUT2D eigenvalue weighted by atomic mass is 10.2. The van der Waals surface area contributed by atoms with Crippen LogP contribution in [0.4, 0.5) is 5.69 Å². The molecule has 0 bridgehead atoms. The van der Waals surface area contributed by atoms with Gasteiger partial charge >= 0.3 is 0 Å². The van der Waals surface area contributed by atoms with E-state index in [4.69, 9.17) is 0 Å². The van der Waals surface area contributed by atoms with Gasteiger partial charge in [0.1, 0.15) is 11.6 Å². The Bertz CT molecular complexity index is 1040. The number of nitro groups is 1. The highest BCUT2D eigenvalue weighted by atomic mass is 32.2. The van der Waals surface area contributed by atoms with E-state index in [9.17, 15) is 18.5 Å². The van der Waals surface area contributed by atoms with Gasteiger partial charge in [0, 0.05) is 45.2 Å². The molecule has 162 valence electrons. The first kappa shape index (κ1) is 20.9. The first-order chi connectivity index (χ1) is 14.4. The van der Waals surface area contributed by atoms with E-state index in [1.807, 2.05) is 0 Å². The molecule has 0 N–H and O–H groups in total. The van der Waals surface area contributed by atoms with Crippen molar-refractivity contribution in [3.8, 4) is 0 Å². The summed E-state index contributed by atoms with van der Waals surface area (Å²) in [6, 6.07) is 4.34. The molecule has 0 amide bonds. The van der Waals surface area contributed by atoms with E-state index in [0.29, 0.717) is 25.2 Å². The summed E-state index contributed by atoms with van der Waals surface area (Å²) in [6.07, 6.45) is 4.41. The molecule has 0 aliphatic carbocycles. The molecule has 3 heterocycles. The minimum Gasteiger partial charge on any atom is -0.314 e. The van der Waals surface area contributed by atoms with Crippen molar-refractivity contribution in [1.29, 1.82) is 0 Å². The Morgan fingerprint density at radius 2 is 1.83 bits per heavy atom. The Morgan fingerprint density at radius 1 is 1.07 bits per heavy atom. The number of nitro benzene ring substituents is 1. The average Bonchev–Trinajstić information content (AvgIpc) is 2.94. The highest BCUT2D eigenvalue weighted by Gasteiger charge is 2.35. The number of nitrogens with zero attached hydrogens (tertiary/aromatic N) is 6. The van der Waals surface area contributed by atoms with Crippen molar-refractivity contribution in [2.24, 2.45) is 0 Å². The van der Waals surface area contributed by atoms with Crippen LogP contribution in [-0.4, -0.2) is 63.5 Å². The number of benzene rings is 1. The quantitative estimate of drug-likeness (QED) is 0.520. The predicted molar refractivity (Wildman–Crippen MR) is 109 cm³/mol. The van der Waals surface area contributed by atoms with E-state index < -0.39 is 14.9 Å². The summed E-state index contributed by atoms with van der Waals surface area (Å²) in [6.45, 7) is 4.81. The molecular formula is C19H26N6O4S. The lowest BCUT2D eigenvalue weighted by molar-refractivity contribution is -0.387. The van der Waals surface area contributed by atoms with Gasteiger partial charge in [-0.25, -0.2) is 8.42 Å². The molecule has 30 heavy (non-hydrogen) atoms. The summed E-state index contributed by atoms with van der Waals surface area (Å²) in [5, 5.41) is 20.1. The van der Waals surface area contributed by atoms with Gasteiger partial charge in [-0.3, -0.25) is 15.0 Å². The van der Waals surface area contributed by atoms with Gasteiger partial charge in [0.25, 0.3) is 5.69 Å². The van der Waals surface area contributed by atoms with Crippen LogP contribution in [0.1, 0.15) is 36.5 Å². The minimum absolute atomic E-state index is 0.203. The Hall–Kier alpha value is -2.37. The molecule has 2 aliphatic heterocycles. The highest BCUT2D eigenvalue weighted by molar-refractivity contribution is 7.89. The van der Waals surface area contributed by atoms with Crippen molar-refractivity contribution < 1.29 is 13.3 Å². The van der Waals surface area contributed by atoms with Crippen LogP contribution in [0.2, 0.25) is 0 Å². The molecule has 0 radical (unpaired) electrons. The molecular weight excluding hydrogens is 408 g/mol. The van der Waals surface area contributed by atoms with Gasteiger partial charge in [0.05, 0.1) is 11.5 Å². The number of sulfonamides is 1. The van der Waals surface area contributed by atoms with E-state index >= 15 is 0 Å². The number of hydrogen-bond acceptors (Lipinski definition) is 7. The number of aryl methyl sites for hydroxylation is 2. The molecule has 4 rings (SSSR count). The predicted octanol–water partition coefficient (Wildman–Crippen LogP) is 1.73. The largest absolute Gasteiger partial charge is 0.314 e. The van der Waals surface area contributed by atoms with Crippen molar-refractivity contribution in [3.05, 3.63) is 45.5 Å². The van der Waals surface area contributed by atoms with Crippen molar-refractivity contribution in [3.63, 3.8) is 0 Å². The molecule has 0 unspecified atom stereocenters. The van der Waals surface area contributed by atoms with Crippen LogP contribution in [-0.2, 0) is 29.5 Å². The summed E-state index contributed by atoms with van der Waals surface area (Å²) in [7, 11) is -3.94. The second-order valence-electron chi connectivity index (χ2n) is 7.86. The van der Waals surface area contributed by atoms with Crippen LogP contribution in [0.15, 0.2) is 23.1 Å². The monoisotopic (exact) mass is 434 g/mol. The molecule has 1 aromatic carbocycles. The number of piperazine rings is 1. The van der Waals surface area contributed by atoms with E-state index in [1.54, 1.807) is 13.0 Å². The average molecular weight is 435 g/mol. The molecule has 2 aromatic rings. The molecule has 0 spiro atoms. The first-order valence-electron chi connectivity index (χ1n) is 10.3. The van der Waals surface area contributed by atoms with Crippen molar-refractivity contribution >= 4 is 15.7 Å². The normalized spacial score (nSPS) is 18.7. The zero-order valence-corrected chi connectivity index (χ0v) is 17.8. The fourth-order valence-corrected chi connectivity index (χ4v) is 6.02. The third-order valence-corrected chi connectivity index (χ3v) is 7.96. The SMILES string of the molecule is Cc1cccc([N+](=O)[O-])c1S(=O)(=O)N1CCN(Cc2nnc3n2CCCCC3)CC1. The van der Waals surface area contributed by atoms with Gasteiger partial charge in [-0.1, -0.05) is 18.6 Å². The molecule has 0 saturated carbocycles. The van der Waals surface area contributed by atoms with Crippen molar-refractivity contribution in [1.82, 2.24) is 24.0 Å². The lowest BCUT2D eigenvalue weighted by Crippen LogP contribution is -2.48. The van der Waals surface area contributed by atoms with Gasteiger partial charge in [0.2, 0.25) is 10.0 Å². The molecule has 0 atom stereocenters. The summed E-state index contributed by atoms with van der Waals surface area (Å²) in [5.41, 5.74) is 0.0152. The van der Waals surface area contributed by atoms with Gasteiger partial charge in [-0.2, -0.15) is 4.31 Å². The first-order valence-corrected chi connectivity index (χ1v) is 11.7. The third kappa shape index (κ3) is 3.96. The van der Waals surface area contributed by atoms with Gasteiger partial charge in [-0.05, 0) is 25.3 Å². The van der Waals surface area contributed by atoms with E-state index in [1.165, 1.54) is 22.9 Å². The molecule has 11 heteroatoms. The Morgan fingerprint density at radius 3 is 2.57 bits per heavy atom. The standard InChI is InChI=1S/C19H26N6O4S/c1-15-6-5-7-16(25(26)27)19(15)30(28,29)23-12-10-22(11-13-23)14-18-21-20-17-8-3-2-4-9-24(17)18/h5-7H,2-4,8-14H2,1H3. The summed E-state index contributed by atoms with van der Waals surface area (Å²) in [4.78, 5) is 12.7. The van der Waals surface area contributed by atoms with Crippen LogP contribution >= 0.6 is 0 Å². The topological polar surface area (TPSA) is 114 Å². The van der Waals surface area contributed by atoms with Crippen molar-refractivity contribution in [2.45, 2.75) is 50.6 Å². The van der Waals surface area contributed by atoms with E-state index in [2.05, 4.69) is 19.7 Å². The summed E-state index contributed by atoms with van der Waals surface area (Å²) in [5.74, 6) is 1.97. The van der Waals surface area contributed by atoms with E-state index in [-0.39, 0.29) is 23.7 Å². The number of hydrogen-bond donors (Lipinski definition) is 0. The van der Waals surface area contributed by atoms with Crippen molar-refractivity contribution in [2.75, 3.05) is 26.2 Å². The maximum absolute atomic E-state index is 13.2. The zero-order valence-electron chi connectivity index (χ0n) is 17.0. The van der Waals surface area contributed by atoms with Crippen LogP contribution in [0.25, 0.3) is 0 Å². The molecule has 1 fully saturated rings. The fraction of sp³-hybridized carbons (Fsp3) is 0.579. The second-order valence-corrected chi connectivity index (χ2v) is 9.73. The highest BCUT2D eigenvalue weighted by Crippen LogP contribution is 2.30. The van der Waals surface area contributed by atoms with Gasteiger partial charge in [-0.15, -0.1) is 10.2 Å². The number of fused-ring (bicyclic) bond motifs is 1. The minimum atomic E-state index is -3.94. The molecule has 10 nitrogen and oxygen atoms in total. The third-order valence-electron chi connectivity index (χ3n) is 5.87. The van der Waals surface area contributed by atoms with Crippen LogP contribution in [0, 0.1) is 17.0 Å². The van der Waals surface area contributed by atoms with Gasteiger partial charge in [0.15, 0.2) is 4.90 Å². The van der Waals surface area contributed by atoms with Gasteiger partial charge < -0.3 is 4.57 Å². The fourth-order valence-electron chi connectivity index (χ4n) is 4.24. The number of rotatable bonds is 5. The molecule has 2 aliphatic rings. The van der Waals surface area contributed by atoms with Crippen LogP contribution < -0.4 is 0 Å². The Labute approximate surface area is 175 Å².